The normalized spacial score (nSPS) is 22.3. The summed E-state index contributed by atoms with van der Waals surface area (Å²) in [6.45, 7) is 2.76. The Balaban J connectivity index is 1.58. The van der Waals surface area contributed by atoms with Crippen molar-refractivity contribution in [3.05, 3.63) is 34.0 Å². The van der Waals surface area contributed by atoms with Crippen LogP contribution in [-0.4, -0.2) is 45.8 Å². The van der Waals surface area contributed by atoms with Crippen molar-refractivity contribution in [3.63, 3.8) is 0 Å². The SMILES string of the molecule is COC(=O)C(c1ccsc1)N1CCCC(c2nnc3n2CCC3)C1. The number of likely N-dealkylation sites (tertiary alicyclic amines) is 1. The number of aryl methyl sites for hydroxylation is 1. The number of esters is 1. The van der Waals surface area contributed by atoms with Crippen molar-refractivity contribution in [1.29, 1.82) is 0 Å². The number of carbonyl (C=O) groups excluding carboxylic acids is 1. The van der Waals surface area contributed by atoms with Gasteiger partial charge in [0, 0.05) is 25.4 Å². The third-order valence-electron chi connectivity index (χ3n) is 5.10. The van der Waals surface area contributed by atoms with Gasteiger partial charge in [0.1, 0.15) is 17.7 Å². The van der Waals surface area contributed by atoms with Crippen LogP contribution in [0, 0.1) is 0 Å². The minimum absolute atomic E-state index is 0.180. The van der Waals surface area contributed by atoms with Crippen molar-refractivity contribution in [3.8, 4) is 0 Å². The average Bonchev–Trinajstić information content (AvgIpc) is 3.33. The summed E-state index contributed by atoms with van der Waals surface area (Å²) >= 11 is 1.61. The molecule has 0 aliphatic carbocycles. The summed E-state index contributed by atoms with van der Waals surface area (Å²) < 4.78 is 7.36. The molecular formula is C17H22N4O2S. The molecule has 2 atom stereocenters. The minimum Gasteiger partial charge on any atom is -0.468 e. The first-order valence-electron chi connectivity index (χ1n) is 8.54. The second-order valence-corrected chi connectivity index (χ2v) is 7.33. The van der Waals surface area contributed by atoms with E-state index in [2.05, 4.69) is 19.7 Å². The number of thiophene rings is 1. The number of methoxy groups -OCH3 is 1. The Bertz CT molecular complexity index is 712. The maximum Gasteiger partial charge on any atom is 0.327 e. The molecule has 1 fully saturated rings. The Morgan fingerprint density at radius 2 is 2.29 bits per heavy atom. The summed E-state index contributed by atoms with van der Waals surface area (Å²) in [5, 5.41) is 12.9. The molecule has 4 rings (SSSR count). The van der Waals surface area contributed by atoms with Crippen LogP contribution in [0.25, 0.3) is 0 Å². The average molecular weight is 346 g/mol. The summed E-state index contributed by atoms with van der Waals surface area (Å²) in [5.41, 5.74) is 1.03. The molecule has 2 aliphatic rings. The van der Waals surface area contributed by atoms with Crippen LogP contribution in [0.1, 0.15) is 48.4 Å². The fourth-order valence-corrected chi connectivity index (χ4v) is 4.64. The first-order valence-corrected chi connectivity index (χ1v) is 9.48. The molecule has 0 spiro atoms. The highest BCUT2D eigenvalue weighted by atomic mass is 32.1. The third-order valence-corrected chi connectivity index (χ3v) is 5.81. The van der Waals surface area contributed by atoms with Crippen molar-refractivity contribution in [2.24, 2.45) is 0 Å². The lowest BCUT2D eigenvalue weighted by atomic mass is 9.94. The highest BCUT2D eigenvalue weighted by Gasteiger charge is 2.35. The second-order valence-electron chi connectivity index (χ2n) is 6.55. The van der Waals surface area contributed by atoms with E-state index in [0.717, 1.165) is 62.5 Å². The van der Waals surface area contributed by atoms with E-state index in [1.807, 2.05) is 16.8 Å². The number of hydrogen-bond donors (Lipinski definition) is 0. The summed E-state index contributed by atoms with van der Waals surface area (Å²) in [5.74, 6) is 2.37. The number of piperidine rings is 1. The first-order chi connectivity index (χ1) is 11.8. The minimum atomic E-state index is -0.315. The maximum absolute atomic E-state index is 12.4. The standard InChI is InChI=1S/C17H22N4O2S/c1-23-17(22)15(13-6-9-24-11-13)20-7-2-4-12(10-20)16-19-18-14-5-3-8-21(14)16/h6,9,11-12,15H,2-5,7-8,10H2,1H3. The molecule has 2 aliphatic heterocycles. The van der Waals surface area contributed by atoms with E-state index in [4.69, 9.17) is 4.74 Å². The van der Waals surface area contributed by atoms with Crippen LogP contribution >= 0.6 is 11.3 Å². The van der Waals surface area contributed by atoms with Crippen LogP contribution in [0.5, 0.6) is 0 Å². The molecule has 2 aromatic heterocycles. The number of hydrogen-bond acceptors (Lipinski definition) is 6. The Kier molecular flexibility index (Phi) is 4.37. The first kappa shape index (κ1) is 15.8. The molecule has 0 radical (unpaired) electrons. The van der Waals surface area contributed by atoms with Crippen molar-refractivity contribution in [2.45, 2.75) is 44.2 Å². The Hall–Kier alpha value is -1.73. The molecule has 7 heteroatoms. The number of fused-ring (bicyclic) bond motifs is 1. The highest BCUT2D eigenvalue weighted by Crippen LogP contribution is 2.34. The molecule has 0 saturated carbocycles. The van der Waals surface area contributed by atoms with E-state index in [0.29, 0.717) is 5.92 Å². The monoisotopic (exact) mass is 346 g/mol. The van der Waals surface area contributed by atoms with Crippen molar-refractivity contribution in [1.82, 2.24) is 19.7 Å². The van der Waals surface area contributed by atoms with E-state index >= 15 is 0 Å². The van der Waals surface area contributed by atoms with Gasteiger partial charge >= 0.3 is 5.97 Å². The molecule has 24 heavy (non-hydrogen) atoms. The molecule has 2 aromatic rings. The maximum atomic E-state index is 12.4. The van der Waals surface area contributed by atoms with Crippen LogP contribution < -0.4 is 0 Å². The van der Waals surface area contributed by atoms with Gasteiger partial charge in [-0.3, -0.25) is 4.90 Å². The molecule has 128 valence electrons. The largest absolute Gasteiger partial charge is 0.468 e. The van der Waals surface area contributed by atoms with E-state index in [-0.39, 0.29) is 12.0 Å². The van der Waals surface area contributed by atoms with Gasteiger partial charge in [0.25, 0.3) is 0 Å². The number of aromatic nitrogens is 3. The fourth-order valence-electron chi connectivity index (χ4n) is 3.96. The van der Waals surface area contributed by atoms with E-state index in [1.54, 1.807) is 11.3 Å². The lowest BCUT2D eigenvalue weighted by Gasteiger charge is -2.36. The molecular weight excluding hydrogens is 324 g/mol. The molecule has 0 bridgehead atoms. The molecule has 1 saturated heterocycles. The van der Waals surface area contributed by atoms with Gasteiger partial charge in [-0.05, 0) is 48.2 Å². The lowest BCUT2D eigenvalue weighted by molar-refractivity contribution is -0.147. The third kappa shape index (κ3) is 2.75. The summed E-state index contributed by atoms with van der Waals surface area (Å²) in [6, 6.07) is 1.70. The molecule has 0 aromatic carbocycles. The van der Waals surface area contributed by atoms with Crippen LogP contribution in [0.15, 0.2) is 16.8 Å². The summed E-state index contributed by atoms with van der Waals surface area (Å²) in [6.07, 6.45) is 4.35. The number of nitrogens with zero attached hydrogens (tertiary/aromatic N) is 4. The molecule has 2 unspecified atom stereocenters. The van der Waals surface area contributed by atoms with Gasteiger partial charge in [0.05, 0.1) is 7.11 Å². The smallest absolute Gasteiger partial charge is 0.327 e. The van der Waals surface area contributed by atoms with Crippen LogP contribution in [0.4, 0.5) is 0 Å². The van der Waals surface area contributed by atoms with Gasteiger partial charge in [0.2, 0.25) is 0 Å². The molecule has 0 amide bonds. The predicted octanol–water partition coefficient (Wildman–Crippen LogP) is 2.38. The van der Waals surface area contributed by atoms with E-state index < -0.39 is 0 Å². The number of carbonyl (C=O) groups is 1. The van der Waals surface area contributed by atoms with Gasteiger partial charge in [-0.15, -0.1) is 10.2 Å². The predicted molar refractivity (Wildman–Crippen MR) is 91.0 cm³/mol. The zero-order valence-electron chi connectivity index (χ0n) is 13.9. The van der Waals surface area contributed by atoms with Gasteiger partial charge in [-0.25, -0.2) is 4.79 Å². The second kappa shape index (κ2) is 6.64. The molecule has 6 nitrogen and oxygen atoms in total. The molecule has 0 N–H and O–H groups in total. The Morgan fingerprint density at radius 3 is 3.08 bits per heavy atom. The van der Waals surface area contributed by atoms with Gasteiger partial charge in [-0.2, -0.15) is 11.3 Å². The van der Waals surface area contributed by atoms with Crippen molar-refractivity contribution < 1.29 is 9.53 Å². The van der Waals surface area contributed by atoms with Crippen molar-refractivity contribution in [2.75, 3.05) is 20.2 Å². The quantitative estimate of drug-likeness (QED) is 0.796. The summed E-state index contributed by atoms with van der Waals surface area (Å²) in [7, 11) is 1.47. The van der Waals surface area contributed by atoms with Crippen molar-refractivity contribution >= 4 is 17.3 Å². The fraction of sp³-hybridized carbons (Fsp3) is 0.588. The summed E-state index contributed by atoms with van der Waals surface area (Å²) in [4.78, 5) is 14.6. The van der Waals surface area contributed by atoms with Gasteiger partial charge in [-0.1, -0.05) is 0 Å². The molecule has 4 heterocycles. The van der Waals surface area contributed by atoms with E-state index in [1.165, 1.54) is 7.11 Å². The van der Waals surface area contributed by atoms with Crippen LogP contribution in [0.2, 0.25) is 0 Å². The lowest BCUT2D eigenvalue weighted by Crippen LogP contribution is -2.41. The Labute approximate surface area is 145 Å². The van der Waals surface area contributed by atoms with Crippen LogP contribution in [-0.2, 0) is 22.5 Å². The van der Waals surface area contributed by atoms with Crippen LogP contribution in [0.3, 0.4) is 0 Å². The Morgan fingerprint density at radius 1 is 1.38 bits per heavy atom. The van der Waals surface area contributed by atoms with Gasteiger partial charge < -0.3 is 9.30 Å². The highest BCUT2D eigenvalue weighted by molar-refractivity contribution is 7.08. The number of rotatable bonds is 4. The number of ether oxygens (including phenoxy) is 1. The van der Waals surface area contributed by atoms with E-state index in [9.17, 15) is 4.79 Å². The van der Waals surface area contributed by atoms with Gasteiger partial charge in [0.15, 0.2) is 0 Å². The zero-order chi connectivity index (χ0) is 16.5. The topological polar surface area (TPSA) is 60.2 Å². The zero-order valence-corrected chi connectivity index (χ0v) is 14.7.